The number of hydrogen-bond donors (Lipinski definition) is 1. The Bertz CT molecular complexity index is 373. The van der Waals surface area contributed by atoms with Gasteiger partial charge in [-0.05, 0) is 31.4 Å². The minimum absolute atomic E-state index is 0.0245. The van der Waals surface area contributed by atoms with Gasteiger partial charge in [-0.15, -0.1) is 0 Å². The van der Waals surface area contributed by atoms with Crippen molar-refractivity contribution in [1.29, 1.82) is 0 Å². The van der Waals surface area contributed by atoms with Gasteiger partial charge in [0.2, 0.25) is 5.91 Å². The van der Waals surface area contributed by atoms with E-state index < -0.39 is 0 Å². The summed E-state index contributed by atoms with van der Waals surface area (Å²) in [6.07, 6.45) is 1.39. The maximum atomic E-state index is 11.7. The van der Waals surface area contributed by atoms with Gasteiger partial charge in [-0.25, -0.2) is 0 Å². The number of aryl methyl sites for hydroxylation is 1. The lowest BCUT2D eigenvalue weighted by atomic mass is 10.0. The molecule has 1 aromatic rings. The number of rotatable bonds is 6. The van der Waals surface area contributed by atoms with E-state index in [1.165, 1.54) is 5.56 Å². The van der Waals surface area contributed by atoms with E-state index in [0.29, 0.717) is 6.42 Å². The predicted octanol–water partition coefficient (Wildman–Crippen LogP) is 2.85. The molecule has 3 nitrogen and oxygen atoms in total. The molecule has 1 aromatic carbocycles. The van der Waals surface area contributed by atoms with Crippen molar-refractivity contribution < 1.29 is 9.53 Å². The van der Waals surface area contributed by atoms with Crippen molar-refractivity contribution in [3.63, 3.8) is 0 Å². The first kappa shape index (κ1) is 14.7. The van der Waals surface area contributed by atoms with Crippen LogP contribution in [0.2, 0.25) is 0 Å². The maximum absolute atomic E-state index is 11.7. The van der Waals surface area contributed by atoms with Crippen molar-refractivity contribution in [1.82, 2.24) is 5.32 Å². The van der Waals surface area contributed by atoms with Gasteiger partial charge in [0.1, 0.15) is 0 Å². The third-order valence-corrected chi connectivity index (χ3v) is 3.14. The SMILES string of the molecule is CCc1ccc([C@@H](C)NC(=O)C[C@@H](C)OC)cc1. The molecule has 1 N–H and O–H groups in total. The molecule has 0 aliphatic heterocycles. The number of benzene rings is 1. The smallest absolute Gasteiger partial charge is 0.223 e. The molecule has 0 saturated carbocycles. The number of hydrogen-bond acceptors (Lipinski definition) is 2. The molecule has 1 amide bonds. The van der Waals surface area contributed by atoms with Crippen LogP contribution in [0.25, 0.3) is 0 Å². The molecule has 0 spiro atoms. The number of nitrogens with one attached hydrogen (secondary N) is 1. The van der Waals surface area contributed by atoms with Crippen LogP contribution in [0.5, 0.6) is 0 Å². The topological polar surface area (TPSA) is 38.3 Å². The van der Waals surface area contributed by atoms with Crippen molar-refractivity contribution in [2.75, 3.05) is 7.11 Å². The summed E-state index contributed by atoms with van der Waals surface area (Å²) in [4.78, 5) is 11.7. The summed E-state index contributed by atoms with van der Waals surface area (Å²) in [5.74, 6) is 0.0245. The van der Waals surface area contributed by atoms with Gasteiger partial charge >= 0.3 is 0 Å². The van der Waals surface area contributed by atoms with Crippen LogP contribution in [-0.2, 0) is 16.0 Å². The van der Waals surface area contributed by atoms with Gasteiger partial charge in [-0.1, -0.05) is 31.2 Å². The second-order valence-corrected chi connectivity index (χ2v) is 4.63. The first-order valence-electron chi connectivity index (χ1n) is 6.47. The van der Waals surface area contributed by atoms with Gasteiger partial charge in [0.15, 0.2) is 0 Å². The van der Waals surface area contributed by atoms with Crippen LogP contribution < -0.4 is 5.32 Å². The quantitative estimate of drug-likeness (QED) is 0.842. The molecule has 0 aliphatic carbocycles. The van der Waals surface area contributed by atoms with Gasteiger partial charge in [0, 0.05) is 7.11 Å². The summed E-state index contributed by atoms with van der Waals surface area (Å²) in [6.45, 7) is 6.02. The van der Waals surface area contributed by atoms with Crippen LogP contribution in [0.4, 0.5) is 0 Å². The standard InChI is InChI=1S/C15H23NO2/c1-5-13-6-8-14(9-7-13)12(3)16-15(17)10-11(2)18-4/h6-9,11-12H,5,10H2,1-4H3,(H,16,17)/t11-,12-/m1/s1. The molecule has 0 fully saturated rings. The van der Waals surface area contributed by atoms with Crippen LogP contribution in [0, 0.1) is 0 Å². The average molecular weight is 249 g/mol. The molecule has 3 heteroatoms. The van der Waals surface area contributed by atoms with Crippen molar-refractivity contribution in [2.24, 2.45) is 0 Å². The number of ether oxygens (including phenoxy) is 1. The monoisotopic (exact) mass is 249 g/mol. The van der Waals surface area contributed by atoms with Crippen LogP contribution in [0.3, 0.4) is 0 Å². The molecule has 0 radical (unpaired) electrons. The second-order valence-electron chi connectivity index (χ2n) is 4.63. The lowest BCUT2D eigenvalue weighted by molar-refractivity contribution is -0.123. The number of carbonyl (C=O) groups is 1. The zero-order valence-corrected chi connectivity index (χ0v) is 11.7. The minimum atomic E-state index is -0.0420. The van der Waals surface area contributed by atoms with Crippen LogP contribution in [0.1, 0.15) is 44.4 Å². The highest BCUT2D eigenvalue weighted by Gasteiger charge is 2.12. The Balaban J connectivity index is 2.53. The second kappa shape index (κ2) is 7.17. The Labute approximate surface area is 110 Å². The summed E-state index contributed by atoms with van der Waals surface area (Å²) in [5, 5.41) is 2.98. The highest BCUT2D eigenvalue weighted by molar-refractivity contribution is 5.76. The lowest BCUT2D eigenvalue weighted by Crippen LogP contribution is -2.29. The highest BCUT2D eigenvalue weighted by Crippen LogP contribution is 2.14. The molecule has 0 aliphatic rings. The normalized spacial score (nSPS) is 14.0. The van der Waals surface area contributed by atoms with Crippen LogP contribution in [-0.4, -0.2) is 19.1 Å². The van der Waals surface area contributed by atoms with Gasteiger partial charge in [0.05, 0.1) is 18.6 Å². The Kier molecular flexibility index (Phi) is 5.86. The molecule has 0 unspecified atom stereocenters. The number of methoxy groups -OCH3 is 1. The molecular formula is C15H23NO2. The van der Waals surface area contributed by atoms with Crippen molar-refractivity contribution in [3.05, 3.63) is 35.4 Å². The average Bonchev–Trinajstić information content (AvgIpc) is 2.38. The van der Waals surface area contributed by atoms with E-state index in [1.807, 2.05) is 13.8 Å². The summed E-state index contributed by atoms with van der Waals surface area (Å²) in [6, 6.07) is 8.39. The molecular weight excluding hydrogens is 226 g/mol. The van der Waals surface area contributed by atoms with E-state index in [4.69, 9.17) is 4.74 Å². The Morgan fingerprint density at radius 2 is 1.89 bits per heavy atom. The first-order chi connectivity index (χ1) is 8.56. The molecule has 0 heterocycles. The van der Waals surface area contributed by atoms with E-state index in [1.54, 1.807) is 7.11 Å². The number of amides is 1. The van der Waals surface area contributed by atoms with Gasteiger partial charge in [-0.3, -0.25) is 4.79 Å². The lowest BCUT2D eigenvalue weighted by Gasteiger charge is -2.16. The van der Waals surface area contributed by atoms with Crippen molar-refractivity contribution in [2.45, 2.75) is 45.8 Å². The zero-order chi connectivity index (χ0) is 13.5. The summed E-state index contributed by atoms with van der Waals surface area (Å²) >= 11 is 0. The molecule has 100 valence electrons. The van der Waals surface area contributed by atoms with E-state index in [0.717, 1.165) is 12.0 Å². The largest absolute Gasteiger partial charge is 0.381 e. The van der Waals surface area contributed by atoms with E-state index in [-0.39, 0.29) is 18.1 Å². The highest BCUT2D eigenvalue weighted by atomic mass is 16.5. The Hall–Kier alpha value is -1.35. The fraction of sp³-hybridized carbons (Fsp3) is 0.533. The van der Waals surface area contributed by atoms with E-state index in [9.17, 15) is 4.79 Å². The van der Waals surface area contributed by atoms with Crippen molar-refractivity contribution in [3.8, 4) is 0 Å². The maximum Gasteiger partial charge on any atom is 0.223 e. The summed E-state index contributed by atoms with van der Waals surface area (Å²) in [5.41, 5.74) is 2.44. The van der Waals surface area contributed by atoms with Gasteiger partial charge in [-0.2, -0.15) is 0 Å². The van der Waals surface area contributed by atoms with Gasteiger partial charge in [0.25, 0.3) is 0 Å². The van der Waals surface area contributed by atoms with Gasteiger partial charge < -0.3 is 10.1 Å². The fourth-order valence-corrected chi connectivity index (χ4v) is 1.77. The molecule has 2 atom stereocenters. The third-order valence-electron chi connectivity index (χ3n) is 3.14. The van der Waals surface area contributed by atoms with Crippen LogP contribution >= 0.6 is 0 Å². The Morgan fingerprint density at radius 3 is 2.39 bits per heavy atom. The molecule has 18 heavy (non-hydrogen) atoms. The van der Waals surface area contributed by atoms with Crippen molar-refractivity contribution >= 4 is 5.91 Å². The predicted molar refractivity (Wildman–Crippen MR) is 73.5 cm³/mol. The summed E-state index contributed by atoms with van der Waals surface area (Å²) in [7, 11) is 1.62. The molecule has 0 bridgehead atoms. The Morgan fingerprint density at radius 1 is 1.28 bits per heavy atom. The number of carbonyl (C=O) groups excluding carboxylic acids is 1. The zero-order valence-electron chi connectivity index (χ0n) is 11.7. The molecule has 0 saturated heterocycles. The van der Waals surface area contributed by atoms with E-state index >= 15 is 0 Å². The molecule has 0 aromatic heterocycles. The fourth-order valence-electron chi connectivity index (χ4n) is 1.77. The molecule has 1 rings (SSSR count). The third kappa shape index (κ3) is 4.49. The van der Waals surface area contributed by atoms with E-state index in [2.05, 4.69) is 36.5 Å². The first-order valence-corrected chi connectivity index (χ1v) is 6.47. The van der Waals surface area contributed by atoms with Crippen LogP contribution in [0.15, 0.2) is 24.3 Å². The summed E-state index contributed by atoms with van der Waals surface area (Å²) < 4.78 is 5.08. The minimum Gasteiger partial charge on any atom is -0.381 e.